The monoisotopic (exact) mass is 366 g/mol. The molecule has 1 saturated heterocycles. The molecular weight excluding hydrogens is 348 g/mol. The summed E-state index contributed by atoms with van der Waals surface area (Å²) < 4.78 is 4.71. The van der Waals surface area contributed by atoms with E-state index in [1.165, 1.54) is 29.1 Å². The molecule has 5 heteroatoms. The zero-order chi connectivity index (χ0) is 18.1. The van der Waals surface area contributed by atoms with Crippen molar-refractivity contribution < 1.29 is 9.53 Å². The van der Waals surface area contributed by atoms with Gasteiger partial charge < -0.3 is 9.72 Å². The summed E-state index contributed by atoms with van der Waals surface area (Å²) in [5, 5.41) is 1.80. The van der Waals surface area contributed by atoms with Gasteiger partial charge in [-0.1, -0.05) is 35.9 Å². The molecule has 0 atom stereocenters. The number of halogens is 1. The smallest absolute Gasteiger partial charge is 0.337 e. The Kier molecular flexibility index (Phi) is 4.53. The van der Waals surface area contributed by atoms with E-state index in [1.807, 2.05) is 12.3 Å². The number of carbonyl (C=O) groups excluding carboxylic acids is 1. The van der Waals surface area contributed by atoms with Crippen molar-refractivity contribution in [3.63, 3.8) is 0 Å². The predicted molar refractivity (Wildman–Crippen MR) is 104 cm³/mol. The van der Waals surface area contributed by atoms with E-state index >= 15 is 0 Å². The second-order valence-corrected chi connectivity index (χ2v) is 6.98. The molecule has 0 bridgehead atoms. The third-order valence-electron chi connectivity index (χ3n) is 4.66. The number of hydrogen-bond donors (Lipinski definition) is 1. The molecule has 0 amide bonds. The van der Waals surface area contributed by atoms with E-state index in [9.17, 15) is 4.79 Å². The maximum atomic E-state index is 11.5. The van der Waals surface area contributed by atoms with Crippen LogP contribution in [0.5, 0.6) is 0 Å². The van der Waals surface area contributed by atoms with Crippen LogP contribution in [0.2, 0.25) is 5.02 Å². The fourth-order valence-electron chi connectivity index (χ4n) is 3.29. The Morgan fingerprint density at radius 1 is 1.23 bits per heavy atom. The summed E-state index contributed by atoms with van der Waals surface area (Å²) in [7, 11) is 1.36. The molecule has 1 N–H and O–H groups in total. The van der Waals surface area contributed by atoms with Crippen molar-refractivity contribution in [1.29, 1.82) is 0 Å². The van der Waals surface area contributed by atoms with Crippen LogP contribution in [0.25, 0.3) is 17.0 Å². The highest BCUT2D eigenvalue weighted by Gasteiger charge is 2.20. The quantitative estimate of drug-likeness (QED) is 0.691. The number of fused-ring (bicyclic) bond motifs is 1. The minimum atomic E-state index is -0.375. The zero-order valence-corrected chi connectivity index (χ0v) is 15.2. The maximum Gasteiger partial charge on any atom is 0.337 e. The Labute approximate surface area is 157 Å². The molecule has 26 heavy (non-hydrogen) atoms. The number of H-pyrrole nitrogens is 1. The Balaban J connectivity index is 1.40. The van der Waals surface area contributed by atoms with E-state index in [-0.39, 0.29) is 5.97 Å². The van der Waals surface area contributed by atoms with Crippen LogP contribution in [0.15, 0.2) is 54.2 Å². The van der Waals surface area contributed by atoms with E-state index in [1.54, 1.807) is 12.1 Å². The zero-order valence-electron chi connectivity index (χ0n) is 14.5. The lowest BCUT2D eigenvalue weighted by atomic mass is 10.0. The molecule has 4 rings (SSSR count). The van der Waals surface area contributed by atoms with Gasteiger partial charge in [-0.2, -0.15) is 0 Å². The second-order valence-electron chi connectivity index (χ2n) is 6.57. The average Bonchev–Trinajstić information content (AvgIpc) is 3.08. The molecule has 0 spiro atoms. The standard InChI is InChI=1S/C21H19ClN2O2/c1-26-21(25)18-5-4-17(19(22)10-18)8-15-12-24(13-15)11-14-2-3-16-6-7-23-20(16)9-14/h2-10,23H,11-13H2,1H3. The Hall–Kier alpha value is -2.56. The molecule has 2 aromatic carbocycles. The summed E-state index contributed by atoms with van der Waals surface area (Å²) in [5.41, 5.74) is 5.21. The molecule has 2 heterocycles. The lowest BCUT2D eigenvalue weighted by molar-refractivity contribution is 0.0600. The topological polar surface area (TPSA) is 45.3 Å². The number of ether oxygens (including phenoxy) is 1. The van der Waals surface area contributed by atoms with Crippen molar-refractivity contribution in [2.75, 3.05) is 20.2 Å². The van der Waals surface area contributed by atoms with E-state index in [2.05, 4.69) is 40.2 Å². The first-order valence-corrected chi connectivity index (χ1v) is 8.86. The molecule has 132 valence electrons. The first-order valence-electron chi connectivity index (χ1n) is 8.48. The van der Waals surface area contributed by atoms with Gasteiger partial charge in [0.2, 0.25) is 0 Å². The number of aromatic amines is 1. The molecule has 0 aliphatic carbocycles. The van der Waals surface area contributed by atoms with Crippen LogP contribution in [-0.4, -0.2) is 36.1 Å². The van der Waals surface area contributed by atoms with E-state index in [0.717, 1.165) is 25.2 Å². The van der Waals surface area contributed by atoms with Gasteiger partial charge >= 0.3 is 5.97 Å². The number of nitrogens with one attached hydrogen (secondary N) is 1. The Morgan fingerprint density at radius 3 is 2.85 bits per heavy atom. The van der Waals surface area contributed by atoms with Gasteiger partial charge in [0.15, 0.2) is 0 Å². The molecule has 0 radical (unpaired) electrons. The van der Waals surface area contributed by atoms with Crippen molar-refractivity contribution in [3.8, 4) is 0 Å². The summed E-state index contributed by atoms with van der Waals surface area (Å²) in [5.74, 6) is -0.375. The normalized spacial score (nSPS) is 14.3. The predicted octanol–water partition coefficient (Wildman–Crippen LogP) is 4.51. The number of likely N-dealkylation sites (tertiary alicyclic amines) is 1. The fourth-order valence-corrected chi connectivity index (χ4v) is 3.53. The van der Waals surface area contributed by atoms with Crippen molar-refractivity contribution >= 4 is 34.5 Å². The average molecular weight is 367 g/mol. The van der Waals surface area contributed by atoms with Gasteiger partial charge in [0.25, 0.3) is 0 Å². The molecular formula is C21H19ClN2O2. The molecule has 0 saturated carbocycles. The van der Waals surface area contributed by atoms with Gasteiger partial charge in [-0.05, 0) is 46.4 Å². The first kappa shape index (κ1) is 16.9. The van der Waals surface area contributed by atoms with Crippen LogP contribution in [0, 0.1) is 0 Å². The molecule has 1 aromatic heterocycles. The number of rotatable bonds is 4. The molecule has 0 unspecified atom stereocenters. The van der Waals surface area contributed by atoms with Gasteiger partial charge in [-0.3, -0.25) is 4.90 Å². The number of hydrogen-bond acceptors (Lipinski definition) is 3. The number of benzene rings is 2. The first-order chi connectivity index (χ1) is 12.6. The van der Waals surface area contributed by atoms with Crippen molar-refractivity contribution in [2.24, 2.45) is 0 Å². The molecule has 3 aromatic rings. The number of aromatic nitrogens is 1. The van der Waals surface area contributed by atoms with Gasteiger partial charge in [0.1, 0.15) is 0 Å². The minimum Gasteiger partial charge on any atom is -0.465 e. The summed E-state index contributed by atoms with van der Waals surface area (Å²) in [6.45, 7) is 2.79. The summed E-state index contributed by atoms with van der Waals surface area (Å²) in [4.78, 5) is 17.2. The third-order valence-corrected chi connectivity index (χ3v) is 4.99. The SMILES string of the molecule is COC(=O)c1ccc(C=C2CN(Cc3ccc4cc[nH]c4c3)C2)c(Cl)c1. The van der Waals surface area contributed by atoms with Crippen LogP contribution in [0.1, 0.15) is 21.5 Å². The minimum absolute atomic E-state index is 0.375. The van der Waals surface area contributed by atoms with Crippen molar-refractivity contribution in [2.45, 2.75) is 6.54 Å². The highest BCUT2D eigenvalue weighted by atomic mass is 35.5. The molecule has 1 aliphatic heterocycles. The molecule has 1 fully saturated rings. The maximum absolute atomic E-state index is 11.5. The molecule has 4 nitrogen and oxygen atoms in total. The number of carbonyl (C=O) groups is 1. The van der Waals surface area contributed by atoms with Crippen LogP contribution >= 0.6 is 11.6 Å². The Morgan fingerprint density at radius 2 is 2.08 bits per heavy atom. The number of esters is 1. The third kappa shape index (κ3) is 3.39. The van der Waals surface area contributed by atoms with E-state index in [0.29, 0.717) is 10.6 Å². The number of methoxy groups -OCH3 is 1. The van der Waals surface area contributed by atoms with Crippen molar-refractivity contribution in [1.82, 2.24) is 9.88 Å². The summed E-state index contributed by atoms with van der Waals surface area (Å²) in [6.07, 6.45) is 4.07. The summed E-state index contributed by atoms with van der Waals surface area (Å²) >= 11 is 6.30. The lowest BCUT2D eigenvalue weighted by Crippen LogP contribution is -2.39. The van der Waals surface area contributed by atoms with Gasteiger partial charge in [-0.25, -0.2) is 4.79 Å². The highest BCUT2D eigenvalue weighted by molar-refractivity contribution is 6.32. The Bertz CT molecular complexity index is 998. The fraction of sp³-hybridized carbons (Fsp3) is 0.190. The second kappa shape index (κ2) is 6.98. The van der Waals surface area contributed by atoms with E-state index in [4.69, 9.17) is 16.3 Å². The van der Waals surface area contributed by atoms with E-state index < -0.39 is 0 Å². The van der Waals surface area contributed by atoms with Crippen LogP contribution in [-0.2, 0) is 11.3 Å². The van der Waals surface area contributed by atoms with Gasteiger partial charge in [0, 0.05) is 36.4 Å². The van der Waals surface area contributed by atoms with Gasteiger partial charge in [0.05, 0.1) is 12.7 Å². The molecule has 1 aliphatic rings. The van der Waals surface area contributed by atoms with Crippen LogP contribution < -0.4 is 0 Å². The lowest BCUT2D eigenvalue weighted by Gasteiger charge is -2.34. The van der Waals surface area contributed by atoms with Crippen LogP contribution in [0.4, 0.5) is 0 Å². The van der Waals surface area contributed by atoms with Crippen LogP contribution in [0.3, 0.4) is 0 Å². The number of nitrogens with zero attached hydrogens (tertiary/aromatic N) is 1. The highest BCUT2D eigenvalue weighted by Crippen LogP contribution is 2.26. The summed E-state index contributed by atoms with van der Waals surface area (Å²) in [6, 6.07) is 13.9. The van der Waals surface area contributed by atoms with Crippen molar-refractivity contribution in [3.05, 3.63) is 75.9 Å². The van der Waals surface area contributed by atoms with Gasteiger partial charge in [-0.15, -0.1) is 0 Å². The largest absolute Gasteiger partial charge is 0.465 e.